The molecule has 4 N–H and O–H groups in total. The van der Waals surface area contributed by atoms with Crippen molar-refractivity contribution in [2.45, 2.75) is 51.0 Å². The lowest BCUT2D eigenvalue weighted by molar-refractivity contribution is -0.142. The number of carbonyl (C=O) groups excluding carboxylic acids is 2. The van der Waals surface area contributed by atoms with E-state index < -0.39 is 17.9 Å². The number of rotatable bonds is 7. The third-order valence-electron chi connectivity index (χ3n) is 3.09. The molecular weight excluding hydrogens is 248 g/mol. The molecule has 0 aliphatic heterocycles. The Hall–Kier alpha value is -1.85. The van der Waals surface area contributed by atoms with Crippen LogP contribution >= 0.6 is 0 Å². The number of allylic oxidation sites excluding steroid dienone is 1. The zero-order chi connectivity index (χ0) is 14.3. The van der Waals surface area contributed by atoms with Crippen LogP contribution in [0.3, 0.4) is 0 Å². The summed E-state index contributed by atoms with van der Waals surface area (Å²) in [4.78, 5) is 33.3. The Morgan fingerprint density at radius 3 is 2.63 bits per heavy atom. The van der Waals surface area contributed by atoms with Crippen LogP contribution in [0.15, 0.2) is 11.6 Å². The number of primary amides is 1. The fourth-order valence-electron chi connectivity index (χ4n) is 2.06. The molecule has 0 radical (unpaired) electrons. The van der Waals surface area contributed by atoms with Crippen molar-refractivity contribution >= 4 is 17.8 Å². The van der Waals surface area contributed by atoms with Crippen molar-refractivity contribution in [1.82, 2.24) is 5.32 Å². The molecule has 1 aliphatic carbocycles. The van der Waals surface area contributed by atoms with Gasteiger partial charge in [0.15, 0.2) is 0 Å². The van der Waals surface area contributed by atoms with Gasteiger partial charge in [-0.05, 0) is 32.1 Å². The molecule has 2 amide bonds. The second-order valence-electron chi connectivity index (χ2n) is 4.75. The minimum absolute atomic E-state index is 0.0233. The van der Waals surface area contributed by atoms with Crippen LogP contribution in [0.5, 0.6) is 0 Å². The standard InChI is InChI=1S/C13H20N2O4/c14-11(16)7-6-10(13(18)19)15-12(17)8-9-4-2-1-3-5-9/h4,10H,1-3,5-8H2,(H2,14,16)(H,15,17)(H,18,19). The zero-order valence-corrected chi connectivity index (χ0v) is 10.9. The summed E-state index contributed by atoms with van der Waals surface area (Å²) in [5, 5.41) is 11.4. The minimum atomic E-state index is -1.15. The lowest BCUT2D eigenvalue weighted by Gasteiger charge is -2.16. The summed E-state index contributed by atoms with van der Waals surface area (Å²) in [7, 11) is 0. The Bertz CT molecular complexity index is 390. The van der Waals surface area contributed by atoms with Crippen molar-refractivity contribution < 1.29 is 19.5 Å². The highest BCUT2D eigenvalue weighted by molar-refractivity contribution is 5.85. The molecule has 0 fully saturated rings. The Labute approximate surface area is 112 Å². The largest absolute Gasteiger partial charge is 0.480 e. The van der Waals surface area contributed by atoms with Crippen LogP contribution in [-0.4, -0.2) is 28.9 Å². The molecule has 0 saturated heterocycles. The fourth-order valence-corrected chi connectivity index (χ4v) is 2.06. The zero-order valence-electron chi connectivity index (χ0n) is 10.9. The quantitative estimate of drug-likeness (QED) is 0.591. The van der Waals surface area contributed by atoms with Gasteiger partial charge in [0.25, 0.3) is 0 Å². The van der Waals surface area contributed by atoms with Crippen molar-refractivity contribution in [2.24, 2.45) is 5.73 Å². The maximum Gasteiger partial charge on any atom is 0.326 e. The van der Waals surface area contributed by atoms with Crippen LogP contribution in [0.25, 0.3) is 0 Å². The normalized spacial score (nSPS) is 16.3. The van der Waals surface area contributed by atoms with Gasteiger partial charge in [-0.3, -0.25) is 9.59 Å². The number of amides is 2. The third kappa shape index (κ3) is 6.03. The molecule has 0 bridgehead atoms. The second-order valence-corrected chi connectivity index (χ2v) is 4.75. The summed E-state index contributed by atoms with van der Waals surface area (Å²) in [6, 6.07) is -1.05. The minimum Gasteiger partial charge on any atom is -0.480 e. The number of hydrogen-bond acceptors (Lipinski definition) is 3. The van der Waals surface area contributed by atoms with Crippen LogP contribution in [-0.2, 0) is 14.4 Å². The highest BCUT2D eigenvalue weighted by Gasteiger charge is 2.21. The van der Waals surface area contributed by atoms with Crippen molar-refractivity contribution in [3.8, 4) is 0 Å². The summed E-state index contributed by atoms with van der Waals surface area (Å²) < 4.78 is 0. The van der Waals surface area contributed by atoms with Gasteiger partial charge in [0.1, 0.15) is 6.04 Å². The highest BCUT2D eigenvalue weighted by atomic mass is 16.4. The van der Waals surface area contributed by atoms with Crippen LogP contribution in [0.4, 0.5) is 0 Å². The fraction of sp³-hybridized carbons (Fsp3) is 0.615. The highest BCUT2D eigenvalue weighted by Crippen LogP contribution is 2.19. The van der Waals surface area contributed by atoms with E-state index in [9.17, 15) is 14.4 Å². The van der Waals surface area contributed by atoms with E-state index in [1.807, 2.05) is 6.08 Å². The van der Waals surface area contributed by atoms with E-state index in [2.05, 4.69) is 5.32 Å². The van der Waals surface area contributed by atoms with Crippen LogP contribution in [0.1, 0.15) is 44.9 Å². The summed E-state index contributed by atoms with van der Waals surface area (Å²) >= 11 is 0. The number of nitrogens with one attached hydrogen (secondary N) is 1. The van der Waals surface area contributed by atoms with Gasteiger partial charge in [0.2, 0.25) is 11.8 Å². The van der Waals surface area contributed by atoms with Gasteiger partial charge in [-0.25, -0.2) is 4.79 Å². The Morgan fingerprint density at radius 2 is 2.11 bits per heavy atom. The molecular formula is C13H20N2O4. The SMILES string of the molecule is NC(=O)CCC(NC(=O)CC1=CCCCC1)C(=O)O. The Kier molecular flexibility index (Phi) is 6.05. The Balaban J connectivity index is 2.44. The average Bonchev–Trinajstić information content (AvgIpc) is 2.35. The number of aliphatic carboxylic acids is 1. The maximum atomic E-state index is 11.7. The van der Waals surface area contributed by atoms with Crippen LogP contribution in [0, 0.1) is 0 Å². The van der Waals surface area contributed by atoms with Crippen molar-refractivity contribution in [2.75, 3.05) is 0 Å². The van der Waals surface area contributed by atoms with Crippen LogP contribution in [0.2, 0.25) is 0 Å². The van der Waals surface area contributed by atoms with E-state index in [1.54, 1.807) is 0 Å². The van der Waals surface area contributed by atoms with E-state index in [1.165, 1.54) is 0 Å². The van der Waals surface area contributed by atoms with E-state index in [0.29, 0.717) is 0 Å². The molecule has 0 aromatic rings. The summed E-state index contributed by atoms with van der Waals surface area (Å²) in [6.07, 6.45) is 6.34. The number of carbonyl (C=O) groups is 3. The predicted octanol–water partition coefficient (Wildman–Crippen LogP) is 0.712. The summed E-state index contributed by atoms with van der Waals surface area (Å²) in [6.45, 7) is 0. The average molecular weight is 268 g/mol. The van der Waals surface area contributed by atoms with E-state index in [4.69, 9.17) is 10.8 Å². The van der Waals surface area contributed by atoms with Crippen molar-refractivity contribution in [1.29, 1.82) is 0 Å². The molecule has 1 unspecified atom stereocenters. The summed E-state index contributed by atoms with van der Waals surface area (Å²) in [5.74, 6) is -2.03. The van der Waals surface area contributed by atoms with Crippen LogP contribution < -0.4 is 11.1 Å². The molecule has 0 aromatic carbocycles. The van der Waals surface area contributed by atoms with E-state index in [0.717, 1.165) is 31.3 Å². The number of carboxylic acid groups (broad SMARTS) is 1. The predicted molar refractivity (Wildman–Crippen MR) is 69.2 cm³/mol. The third-order valence-corrected chi connectivity index (χ3v) is 3.09. The second kappa shape index (κ2) is 7.56. The first-order valence-electron chi connectivity index (χ1n) is 6.47. The number of hydrogen-bond donors (Lipinski definition) is 3. The molecule has 0 heterocycles. The smallest absolute Gasteiger partial charge is 0.326 e. The monoisotopic (exact) mass is 268 g/mol. The first kappa shape index (κ1) is 15.2. The lowest BCUT2D eigenvalue weighted by atomic mass is 9.97. The Morgan fingerprint density at radius 1 is 1.37 bits per heavy atom. The van der Waals surface area contributed by atoms with Gasteiger partial charge in [-0.1, -0.05) is 11.6 Å². The molecule has 106 valence electrons. The first-order valence-corrected chi connectivity index (χ1v) is 6.47. The molecule has 6 heteroatoms. The molecule has 0 spiro atoms. The topological polar surface area (TPSA) is 109 Å². The maximum absolute atomic E-state index is 11.7. The molecule has 6 nitrogen and oxygen atoms in total. The summed E-state index contributed by atoms with van der Waals surface area (Å²) in [5.41, 5.74) is 6.03. The van der Waals surface area contributed by atoms with Gasteiger partial charge in [0.05, 0.1) is 0 Å². The van der Waals surface area contributed by atoms with Crippen molar-refractivity contribution in [3.05, 3.63) is 11.6 Å². The first-order chi connectivity index (χ1) is 8.99. The van der Waals surface area contributed by atoms with Gasteiger partial charge >= 0.3 is 5.97 Å². The molecule has 1 atom stereocenters. The molecule has 0 saturated carbocycles. The van der Waals surface area contributed by atoms with Gasteiger partial charge in [0, 0.05) is 12.8 Å². The molecule has 1 aliphatic rings. The van der Waals surface area contributed by atoms with E-state index in [-0.39, 0.29) is 25.2 Å². The molecule has 0 aromatic heterocycles. The molecule has 1 rings (SSSR count). The number of carboxylic acids is 1. The van der Waals surface area contributed by atoms with Gasteiger partial charge in [-0.2, -0.15) is 0 Å². The van der Waals surface area contributed by atoms with Gasteiger partial charge in [-0.15, -0.1) is 0 Å². The molecule has 19 heavy (non-hydrogen) atoms. The number of nitrogens with two attached hydrogens (primary N) is 1. The van der Waals surface area contributed by atoms with Gasteiger partial charge < -0.3 is 16.2 Å². The van der Waals surface area contributed by atoms with Crippen molar-refractivity contribution in [3.63, 3.8) is 0 Å². The lowest BCUT2D eigenvalue weighted by Crippen LogP contribution is -2.41. The van der Waals surface area contributed by atoms with E-state index >= 15 is 0 Å².